The van der Waals surface area contributed by atoms with Gasteiger partial charge in [0.1, 0.15) is 0 Å². The molecule has 1 unspecified atom stereocenters. The number of amides is 2. The molecule has 0 bridgehead atoms. The van der Waals surface area contributed by atoms with Crippen LogP contribution in [0.25, 0.3) is 0 Å². The van der Waals surface area contributed by atoms with E-state index in [4.69, 9.17) is 0 Å². The van der Waals surface area contributed by atoms with Crippen LogP contribution in [0.3, 0.4) is 0 Å². The number of benzene rings is 1. The van der Waals surface area contributed by atoms with Gasteiger partial charge < -0.3 is 10.2 Å². The summed E-state index contributed by atoms with van der Waals surface area (Å²) < 4.78 is 0. The molecule has 2 fully saturated rings. The summed E-state index contributed by atoms with van der Waals surface area (Å²) in [4.78, 5) is 36.4. The Labute approximate surface area is 190 Å². The Bertz CT molecular complexity index is 868. The largest absolute Gasteiger partial charge is 0.353 e. The fraction of sp³-hybridized carbons (Fsp3) is 0.480. The number of carbonyl (C=O) groups excluding carboxylic acids is 2. The number of rotatable bonds is 8. The third-order valence-electron chi connectivity index (χ3n) is 6.40. The third-order valence-corrected chi connectivity index (χ3v) is 6.40. The summed E-state index contributed by atoms with van der Waals surface area (Å²) in [5, 5.41) is 2.95. The number of hydrogen-bond acceptors (Lipinski definition) is 5. The number of hydrogen-bond donors (Lipinski definition) is 1. The first-order valence-electron chi connectivity index (χ1n) is 11.6. The van der Waals surface area contributed by atoms with Crippen molar-refractivity contribution in [3.8, 4) is 0 Å². The molecular formula is C25H33N5O2. The summed E-state index contributed by atoms with van der Waals surface area (Å²) in [7, 11) is 0. The number of piperazine rings is 2. The van der Waals surface area contributed by atoms with Crippen molar-refractivity contribution in [3.63, 3.8) is 0 Å². The van der Waals surface area contributed by atoms with Gasteiger partial charge >= 0.3 is 0 Å². The standard InChI is InChI=1S/C25H33N5O2/c31-24(30-17-15-28(16-18-30)20-22-10-4-5-11-26-22)19-23-25(32)27-12-14-29(23)13-6-9-21-7-2-1-3-8-21/h1-5,7-8,10-11,23H,6,9,12-20H2,(H,27,32). The molecule has 32 heavy (non-hydrogen) atoms. The summed E-state index contributed by atoms with van der Waals surface area (Å²) in [5.41, 5.74) is 2.36. The molecule has 0 radical (unpaired) electrons. The van der Waals surface area contributed by atoms with Gasteiger partial charge in [0.15, 0.2) is 0 Å². The molecule has 0 saturated carbocycles. The van der Waals surface area contributed by atoms with E-state index in [2.05, 4.69) is 44.4 Å². The summed E-state index contributed by atoms with van der Waals surface area (Å²) >= 11 is 0. The number of nitrogens with zero attached hydrogens (tertiary/aromatic N) is 4. The highest BCUT2D eigenvalue weighted by molar-refractivity contribution is 5.88. The summed E-state index contributed by atoms with van der Waals surface area (Å²) in [6, 6.07) is 16.0. The van der Waals surface area contributed by atoms with Crippen LogP contribution >= 0.6 is 0 Å². The number of aromatic nitrogens is 1. The van der Waals surface area contributed by atoms with E-state index in [1.165, 1.54) is 5.56 Å². The highest BCUT2D eigenvalue weighted by Gasteiger charge is 2.33. The van der Waals surface area contributed by atoms with E-state index >= 15 is 0 Å². The van der Waals surface area contributed by atoms with E-state index in [1.807, 2.05) is 35.4 Å². The van der Waals surface area contributed by atoms with Crippen molar-refractivity contribution in [3.05, 3.63) is 66.0 Å². The van der Waals surface area contributed by atoms with Crippen molar-refractivity contribution >= 4 is 11.8 Å². The van der Waals surface area contributed by atoms with Gasteiger partial charge in [0.2, 0.25) is 11.8 Å². The Morgan fingerprint density at radius 3 is 2.53 bits per heavy atom. The zero-order valence-electron chi connectivity index (χ0n) is 18.7. The molecule has 7 nitrogen and oxygen atoms in total. The van der Waals surface area contributed by atoms with Gasteiger partial charge in [-0.15, -0.1) is 0 Å². The van der Waals surface area contributed by atoms with E-state index in [0.717, 1.165) is 51.3 Å². The van der Waals surface area contributed by atoms with Crippen molar-refractivity contribution in [1.29, 1.82) is 0 Å². The van der Waals surface area contributed by atoms with Crippen molar-refractivity contribution in [2.45, 2.75) is 31.8 Å². The Morgan fingerprint density at radius 1 is 1.00 bits per heavy atom. The number of aryl methyl sites for hydroxylation is 1. The lowest BCUT2D eigenvalue weighted by molar-refractivity contribution is -0.140. The van der Waals surface area contributed by atoms with Gasteiger partial charge in [-0.25, -0.2) is 0 Å². The topological polar surface area (TPSA) is 68.8 Å². The minimum Gasteiger partial charge on any atom is -0.353 e. The zero-order chi connectivity index (χ0) is 22.2. The smallest absolute Gasteiger partial charge is 0.237 e. The molecule has 0 aliphatic carbocycles. The van der Waals surface area contributed by atoms with E-state index in [0.29, 0.717) is 19.6 Å². The first kappa shape index (κ1) is 22.4. The second-order valence-corrected chi connectivity index (χ2v) is 8.61. The molecule has 0 spiro atoms. The maximum absolute atomic E-state index is 13.0. The third kappa shape index (κ3) is 6.14. The lowest BCUT2D eigenvalue weighted by Gasteiger charge is -2.38. The summed E-state index contributed by atoms with van der Waals surface area (Å²) in [6.45, 7) is 6.17. The minimum absolute atomic E-state index is 0.0156. The fourth-order valence-electron chi connectivity index (χ4n) is 4.55. The van der Waals surface area contributed by atoms with Crippen LogP contribution in [-0.2, 0) is 22.6 Å². The Balaban J connectivity index is 1.25. The molecule has 170 valence electrons. The molecule has 7 heteroatoms. The van der Waals surface area contributed by atoms with E-state index in [1.54, 1.807) is 0 Å². The number of pyridine rings is 1. The predicted octanol–water partition coefficient (Wildman–Crippen LogP) is 1.55. The van der Waals surface area contributed by atoms with Crippen molar-refractivity contribution in [1.82, 2.24) is 25.0 Å². The van der Waals surface area contributed by atoms with Crippen LogP contribution in [0.1, 0.15) is 24.1 Å². The molecule has 1 atom stereocenters. The van der Waals surface area contributed by atoms with Crippen LogP contribution in [0.5, 0.6) is 0 Å². The average molecular weight is 436 g/mol. The van der Waals surface area contributed by atoms with Crippen LogP contribution < -0.4 is 5.32 Å². The number of carbonyl (C=O) groups is 2. The minimum atomic E-state index is -0.362. The fourth-order valence-corrected chi connectivity index (χ4v) is 4.55. The SMILES string of the molecule is O=C1NCCN(CCCc2ccccc2)C1CC(=O)N1CCN(Cc2ccccn2)CC1. The molecule has 2 aromatic rings. The van der Waals surface area contributed by atoms with Gasteiger partial charge in [0, 0.05) is 52.0 Å². The molecule has 1 N–H and O–H groups in total. The lowest BCUT2D eigenvalue weighted by atomic mass is 10.1. The summed E-state index contributed by atoms with van der Waals surface area (Å²) in [6.07, 6.45) is 4.04. The quantitative estimate of drug-likeness (QED) is 0.681. The van der Waals surface area contributed by atoms with Crippen LogP contribution in [0, 0.1) is 0 Å². The van der Waals surface area contributed by atoms with Crippen molar-refractivity contribution in [2.75, 3.05) is 45.8 Å². The maximum Gasteiger partial charge on any atom is 0.237 e. The van der Waals surface area contributed by atoms with Crippen molar-refractivity contribution in [2.24, 2.45) is 0 Å². The van der Waals surface area contributed by atoms with Crippen LogP contribution in [-0.4, -0.2) is 83.4 Å². The van der Waals surface area contributed by atoms with Gasteiger partial charge in [0.05, 0.1) is 18.2 Å². The van der Waals surface area contributed by atoms with E-state index in [-0.39, 0.29) is 24.3 Å². The van der Waals surface area contributed by atoms with Gasteiger partial charge in [-0.05, 0) is 37.1 Å². The second kappa shape index (κ2) is 11.2. The molecule has 1 aromatic heterocycles. The van der Waals surface area contributed by atoms with Crippen LogP contribution in [0.4, 0.5) is 0 Å². The summed E-state index contributed by atoms with van der Waals surface area (Å²) in [5.74, 6) is 0.0655. The molecule has 2 aliphatic rings. The second-order valence-electron chi connectivity index (χ2n) is 8.61. The number of nitrogens with one attached hydrogen (secondary N) is 1. The van der Waals surface area contributed by atoms with E-state index in [9.17, 15) is 9.59 Å². The van der Waals surface area contributed by atoms with Crippen molar-refractivity contribution < 1.29 is 9.59 Å². The molecule has 2 saturated heterocycles. The molecular weight excluding hydrogens is 402 g/mol. The first-order valence-corrected chi connectivity index (χ1v) is 11.6. The van der Waals surface area contributed by atoms with Gasteiger partial charge in [0.25, 0.3) is 0 Å². The predicted molar refractivity (Wildman–Crippen MR) is 124 cm³/mol. The average Bonchev–Trinajstić information content (AvgIpc) is 2.83. The monoisotopic (exact) mass is 435 g/mol. The molecule has 3 heterocycles. The normalized spacial score (nSPS) is 20.2. The van der Waals surface area contributed by atoms with Crippen LogP contribution in [0.15, 0.2) is 54.7 Å². The Hall–Kier alpha value is -2.77. The first-order chi connectivity index (χ1) is 15.7. The lowest BCUT2D eigenvalue weighted by Crippen LogP contribution is -2.57. The highest BCUT2D eigenvalue weighted by Crippen LogP contribution is 2.15. The maximum atomic E-state index is 13.0. The Kier molecular flexibility index (Phi) is 7.85. The van der Waals surface area contributed by atoms with Crippen LogP contribution in [0.2, 0.25) is 0 Å². The van der Waals surface area contributed by atoms with Gasteiger partial charge in [-0.1, -0.05) is 36.4 Å². The highest BCUT2D eigenvalue weighted by atomic mass is 16.2. The van der Waals surface area contributed by atoms with Gasteiger partial charge in [-0.3, -0.25) is 24.4 Å². The molecule has 2 amide bonds. The zero-order valence-corrected chi connectivity index (χ0v) is 18.7. The van der Waals surface area contributed by atoms with Gasteiger partial charge in [-0.2, -0.15) is 0 Å². The Morgan fingerprint density at radius 2 is 1.78 bits per heavy atom. The van der Waals surface area contributed by atoms with E-state index < -0.39 is 0 Å². The molecule has 1 aromatic carbocycles. The molecule has 2 aliphatic heterocycles. The molecule has 4 rings (SSSR count).